The second kappa shape index (κ2) is 7.12. The first-order valence-corrected chi connectivity index (χ1v) is 6.66. The number of hydrogen-bond donors (Lipinski definition) is 2. The summed E-state index contributed by atoms with van der Waals surface area (Å²) in [5, 5.41) is 0. The highest BCUT2D eigenvalue weighted by Crippen LogP contribution is 2.13. The molecule has 1 fully saturated rings. The molecular formula is C14H16F2N2O3. The quantitative estimate of drug-likeness (QED) is 0.821. The molecule has 7 heteroatoms. The van der Waals surface area contributed by atoms with Gasteiger partial charge in [0.05, 0.1) is 18.9 Å². The maximum Gasteiger partial charge on any atom is 0.243 e. The summed E-state index contributed by atoms with van der Waals surface area (Å²) in [7, 11) is 0. The van der Waals surface area contributed by atoms with Crippen LogP contribution in [0.3, 0.4) is 0 Å². The van der Waals surface area contributed by atoms with Gasteiger partial charge in [-0.3, -0.25) is 20.4 Å². The maximum absolute atomic E-state index is 13.4. The normalized spacial score (nSPS) is 18.1. The fraction of sp³-hybridized carbons (Fsp3) is 0.429. The smallest absolute Gasteiger partial charge is 0.243 e. The zero-order valence-electron chi connectivity index (χ0n) is 11.3. The van der Waals surface area contributed by atoms with Gasteiger partial charge in [-0.25, -0.2) is 8.78 Å². The number of hydrogen-bond acceptors (Lipinski definition) is 3. The first kappa shape index (κ1) is 15.4. The second-order valence-corrected chi connectivity index (χ2v) is 4.86. The summed E-state index contributed by atoms with van der Waals surface area (Å²) >= 11 is 0. The van der Waals surface area contributed by atoms with E-state index in [0.29, 0.717) is 25.7 Å². The number of carbonyl (C=O) groups is 2. The van der Waals surface area contributed by atoms with Gasteiger partial charge in [0.15, 0.2) is 0 Å². The Bertz CT molecular complexity index is 531. The molecule has 2 rings (SSSR count). The van der Waals surface area contributed by atoms with Crippen LogP contribution in [0.5, 0.6) is 0 Å². The molecule has 0 bridgehead atoms. The van der Waals surface area contributed by atoms with Crippen molar-refractivity contribution in [2.75, 3.05) is 13.2 Å². The summed E-state index contributed by atoms with van der Waals surface area (Å²) in [5.41, 5.74) is 4.56. The number of nitrogens with one attached hydrogen (secondary N) is 2. The summed E-state index contributed by atoms with van der Waals surface area (Å²) in [6.45, 7) is 0.967. The zero-order chi connectivity index (χ0) is 15.2. The molecule has 2 amide bonds. The Hall–Kier alpha value is -2.02. The number of hydrazine groups is 1. The van der Waals surface area contributed by atoms with E-state index in [1.54, 1.807) is 0 Å². The molecule has 1 aromatic carbocycles. The van der Waals surface area contributed by atoms with Crippen LogP contribution < -0.4 is 10.9 Å². The van der Waals surface area contributed by atoms with Gasteiger partial charge in [-0.15, -0.1) is 0 Å². The molecule has 2 N–H and O–H groups in total. The monoisotopic (exact) mass is 298 g/mol. The highest BCUT2D eigenvalue weighted by Gasteiger charge is 2.22. The number of carbonyl (C=O) groups excluding carboxylic acids is 2. The Kier molecular flexibility index (Phi) is 5.21. The molecule has 21 heavy (non-hydrogen) atoms. The molecule has 1 aliphatic rings. The molecule has 0 saturated carbocycles. The lowest BCUT2D eigenvalue weighted by molar-refractivity contribution is -0.133. The van der Waals surface area contributed by atoms with Crippen LogP contribution in [0.2, 0.25) is 0 Å². The summed E-state index contributed by atoms with van der Waals surface area (Å²) in [6, 6.07) is 2.98. The molecule has 1 aliphatic heterocycles. The van der Waals surface area contributed by atoms with Crippen molar-refractivity contribution in [3.05, 3.63) is 35.4 Å². The molecule has 1 saturated heterocycles. The molecule has 0 aromatic heterocycles. The fourth-order valence-corrected chi connectivity index (χ4v) is 2.06. The average molecular weight is 298 g/mol. The lowest BCUT2D eigenvalue weighted by Crippen LogP contribution is -2.46. The van der Waals surface area contributed by atoms with E-state index in [0.717, 1.165) is 12.5 Å². The van der Waals surface area contributed by atoms with E-state index in [1.165, 1.54) is 6.07 Å². The molecule has 1 atom stereocenters. The van der Waals surface area contributed by atoms with Crippen LogP contribution in [0.15, 0.2) is 18.2 Å². The minimum absolute atomic E-state index is 0.0594. The predicted molar refractivity (Wildman–Crippen MR) is 69.9 cm³/mol. The Morgan fingerprint density at radius 3 is 2.76 bits per heavy atom. The number of amides is 2. The van der Waals surface area contributed by atoms with E-state index >= 15 is 0 Å². The lowest BCUT2D eigenvalue weighted by Gasteiger charge is -2.21. The molecule has 114 valence electrons. The third-order valence-electron chi connectivity index (χ3n) is 3.22. The standard InChI is InChI=1S/C14H16F2N2O3/c15-11-4-3-9(12(16)7-11)6-13(19)17-18-14(20)10-2-1-5-21-8-10/h3-4,7,10H,1-2,5-6,8H2,(H,17,19)(H,18,20). The first-order valence-electron chi connectivity index (χ1n) is 6.66. The summed E-state index contributed by atoms with van der Waals surface area (Å²) in [5.74, 6) is -2.70. The largest absolute Gasteiger partial charge is 0.381 e. The second-order valence-electron chi connectivity index (χ2n) is 4.86. The Morgan fingerprint density at radius 1 is 1.29 bits per heavy atom. The molecule has 1 heterocycles. The predicted octanol–water partition coefficient (Wildman–Crippen LogP) is 1.08. The Balaban J connectivity index is 1.80. The molecule has 1 unspecified atom stereocenters. The van der Waals surface area contributed by atoms with E-state index in [4.69, 9.17) is 4.74 Å². The maximum atomic E-state index is 13.4. The van der Waals surface area contributed by atoms with Crippen molar-refractivity contribution in [2.24, 2.45) is 5.92 Å². The van der Waals surface area contributed by atoms with E-state index in [1.807, 2.05) is 0 Å². The lowest BCUT2D eigenvalue weighted by atomic mass is 10.0. The molecule has 0 radical (unpaired) electrons. The SMILES string of the molecule is O=C(Cc1ccc(F)cc1F)NNC(=O)C1CCCOC1. The molecule has 0 aliphatic carbocycles. The highest BCUT2D eigenvalue weighted by atomic mass is 19.1. The van der Waals surface area contributed by atoms with Gasteiger partial charge in [0, 0.05) is 12.7 Å². The van der Waals surface area contributed by atoms with Gasteiger partial charge in [0.1, 0.15) is 11.6 Å². The van der Waals surface area contributed by atoms with Crippen molar-refractivity contribution < 1.29 is 23.1 Å². The molecule has 0 spiro atoms. The molecular weight excluding hydrogens is 282 g/mol. The van der Waals surface area contributed by atoms with Gasteiger partial charge in [-0.05, 0) is 24.5 Å². The number of ether oxygens (including phenoxy) is 1. The topological polar surface area (TPSA) is 67.4 Å². The third-order valence-corrected chi connectivity index (χ3v) is 3.22. The Morgan fingerprint density at radius 2 is 2.10 bits per heavy atom. The number of halogens is 2. The number of rotatable bonds is 3. The van der Waals surface area contributed by atoms with Gasteiger partial charge in [-0.1, -0.05) is 6.07 Å². The van der Waals surface area contributed by atoms with Crippen molar-refractivity contribution in [3.63, 3.8) is 0 Å². The highest BCUT2D eigenvalue weighted by molar-refractivity contribution is 5.84. The van der Waals surface area contributed by atoms with Crippen LogP contribution in [0, 0.1) is 17.6 Å². The minimum atomic E-state index is -0.794. The molecule has 1 aromatic rings. The van der Waals surface area contributed by atoms with Crippen LogP contribution >= 0.6 is 0 Å². The summed E-state index contributed by atoms with van der Waals surface area (Å²) < 4.78 is 31.3. The van der Waals surface area contributed by atoms with Crippen molar-refractivity contribution in [1.82, 2.24) is 10.9 Å². The fourth-order valence-electron chi connectivity index (χ4n) is 2.06. The van der Waals surface area contributed by atoms with Crippen LogP contribution in [0.4, 0.5) is 8.78 Å². The zero-order valence-corrected chi connectivity index (χ0v) is 11.3. The van der Waals surface area contributed by atoms with Gasteiger partial charge in [-0.2, -0.15) is 0 Å². The number of benzene rings is 1. The van der Waals surface area contributed by atoms with Crippen molar-refractivity contribution in [2.45, 2.75) is 19.3 Å². The average Bonchev–Trinajstić information content (AvgIpc) is 2.48. The van der Waals surface area contributed by atoms with Crippen molar-refractivity contribution >= 4 is 11.8 Å². The van der Waals surface area contributed by atoms with Crippen molar-refractivity contribution in [3.8, 4) is 0 Å². The first-order chi connectivity index (χ1) is 10.1. The van der Waals surface area contributed by atoms with Gasteiger partial charge >= 0.3 is 0 Å². The van der Waals surface area contributed by atoms with Gasteiger partial charge in [0.2, 0.25) is 11.8 Å². The third kappa shape index (κ3) is 4.49. The van der Waals surface area contributed by atoms with E-state index in [-0.39, 0.29) is 23.8 Å². The van der Waals surface area contributed by atoms with Crippen LogP contribution in [-0.2, 0) is 20.7 Å². The van der Waals surface area contributed by atoms with Gasteiger partial charge in [0.25, 0.3) is 0 Å². The summed E-state index contributed by atoms with van der Waals surface area (Å²) in [6.07, 6.45) is 1.22. The van der Waals surface area contributed by atoms with Crippen molar-refractivity contribution in [1.29, 1.82) is 0 Å². The molecule has 5 nitrogen and oxygen atoms in total. The minimum Gasteiger partial charge on any atom is -0.381 e. The van der Waals surface area contributed by atoms with E-state index in [9.17, 15) is 18.4 Å². The van der Waals surface area contributed by atoms with Crippen LogP contribution in [0.25, 0.3) is 0 Å². The van der Waals surface area contributed by atoms with Crippen LogP contribution in [-0.4, -0.2) is 25.0 Å². The van der Waals surface area contributed by atoms with E-state index in [2.05, 4.69) is 10.9 Å². The van der Waals surface area contributed by atoms with Crippen LogP contribution in [0.1, 0.15) is 18.4 Å². The Labute approximate surface area is 120 Å². The van der Waals surface area contributed by atoms with Gasteiger partial charge < -0.3 is 4.74 Å². The van der Waals surface area contributed by atoms with E-state index < -0.39 is 17.5 Å². The summed E-state index contributed by atoms with van der Waals surface area (Å²) in [4.78, 5) is 23.4.